The van der Waals surface area contributed by atoms with Crippen LogP contribution in [0.5, 0.6) is 11.5 Å². The SMILES string of the molecule is O=P12c3ccccc3OC3=CC=C(c4ccc(-n5c6ccccc6c6ccccc65)cc4)C(Oc4ccccc41)C32. The summed E-state index contributed by atoms with van der Waals surface area (Å²) in [5, 5.41) is 4.02. The zero-order chi connectivity index (χ0) is 27.1. The molecule has 0 fully saturated rings. The van der Waals surface area contributed by atoms with E-state index in [9.17, 15) is 0 Å². The van der Waals surface area contributed by atoms with E-state index >= 15 is 4.57 Å². The van der Waals surface area contributed by atoms with Gasteiger partial charge in [-0.25, -0.2) is 0 Å². The van der Waals surface area contributed by atoms with Crippen LogP contribution in [0.1, 0.15) is 5.56 Å². The number of nitrogens with zero attached hydrogens (tertiary/aromatic N) is 1. The fourth-order valence-electron chi connectivity index (χ4n) is 6.88. The Morgan fingerprint density at radius 2 is 1.20 bits per heavy atom. The fourth-order valence-corrected chi connectivity index (χ4v) is 10.4. The van der Waals surface area contributed by atoms with Crippen molar-refractivity contribution >= 4 is 45.1 Å². The smallest absolute Gasteiger partial charge is 0.164 e. The second-order valence-corrected chi connectivity index (χ2v) is 13.6. The minimum absolute atomic E-state index is 0.413. The minimum atomic E-state index is -3.10. The maximum Gasteiger partial charge on any atom is 0.164 e. The highest BCUT2D eigenvalue weighted by Crippen LogP contribution is 2.63. The van der Waals surface area contributed by atoms with Crippen molar-refractivity contribution in [2.24, 2.45) is 0 Å². The van der Waals surface area contributed by atoms with Crippen molar-refractivity contribution in [1.82, 2.24) is 4.57 Å². The molecule has 0 bridgehead atoms. The minimum Gasteiger partial charge on any atom is -0.484 e. The third-order valence-electron chi connectivity index (χ3n) is 8.67. The summed E-state index contributed by atoms with van der Waals surface area (Å²) in [6.07, 6.45) is 3.62. The van der Waals surface area contributed by atoms with Gasteiger partial charge < -0.3 is 18.6 Å². The molecule has 0 radical (unpaired) electrons. The lowest BCUT2D eigenvalue weighted by Crippen LogP contribution is -2.49. The van der Waals surface area contributed by atoms with Gasteiger partial charge in [-0.1, -0.05) is 78.9 Å². The summed E-state index contributed by atoms with van der Waals surface area (Å²) in [6, 6.07) is 41.2. The Labute approximate surface area is 237 Å². The van der Waals surface area contributed by atoms with E-state index in [1.54, 1.807) is 0 Å². The van der Waals surface area contributed by atoms with Crippen LogP contribution in [0.15, 0.2) is 139 Å². The summed E-state index contributed by atoms with van der Waals surface area (Å²) in [6.45, 7) is 0. The van der Waals surface area contributed by atoms with Crippen molar-refractivity contribution in [3.05, 3.63) is 145 Å². The van der Waals surface area contributed by atoms with Gasteiger partial charge in [0.25, 0.3) is 0 Å². The number of para-hydroxylation sites is 4. The molecule has 0 saturated heterocycles. The van der Waals surface area contributed by atoms with E-state index in [0.29, 0.717) is 17.3 Å². The Balaban J connectivity index is 1.19. The van der Waals surface area contributed by atoms with Gasteiger partial charge in [-0.3, -0.25) is 0 Å². The first-order valence-electron chi connectivity index (χ1n) is 13.9. The average molecular weight is 550 g/mol. The van der Waals surface area contributed by atoms with Gasteiger partial charge in [0.05, 0.1) is 21.6 Å². The highest BCUT2D eigenvalue weighted by molar-refractivity contribution is 7.80. The number of ether oxygens (including phenoxy) is 2. The molecule has 3 atom stereocenters. The third kappa shape index (κ3) is 3.08. The number of hydrogen-bond acceptors (Lipinski definition) is 3. The maximum atomic E-state index is 15.3. The maximum absolute atomic E-state index is 15.3. The van der Waals surface area contributed by atoms with E-state index in [2.05, 4.69) is 83.4 Å². The highest BCUT2D eigenvalue weighted by Gasteiger charge is 2.56. The molecule has 6 aromatic rings. The van der Waals surface area contributed by atoms with Gasteiger partial charge in [-0.05, 0) is 60.2 Å². The van der Waals surface area contributed by atoms with Gasteiger partial charge in [0.1, 0.15) is 29.0 Å². The molecule has 4 nitrogen and oxygen atoms in total. The van der Waals surface area contributed by atoms with Gasteiger partial charge in [0.2, 0.25) is 0 Å². The topological polar surface area (TPSA) is 40.5 Å². The predicted octanol–water partition coefficient (Wildman–Crippen LogP) is 7.60. The van der Waals surface area contributed by atoms with Crippen LogP contribution in [-0.4, -0.2) is 16.3 Å². The predicted molar refractivity (Wildman–Crippen MR) is 165 cm³/mol. The standard InChI is InChI=1S/C36H24NO3P/c38-41-33-15-7-5-13-30(33)39-32-22-21-25(35(36(32)41)40-31-14-6-8-16-34(31)41)23-17-19-24(20-18-23)37-28-11-3-1-9-26(28)27-10-2-4-12-29(27)37/h1-22,35-36H. The van der Waals surface area contributed by atoms with Crippen LogP contribution < -0.4 is 20.1 Å². The van der Waals surface area contributed by atoms with E-state index in [0.717, 1.165) is 27.4 Å². The molecule has 0 amide bonds. The molecule has 2 aliphatic heterocycles. The van der Waals surface area contributed by atoms with Crippen LogP contribution in [0.3, 0.4) is 0 Å². The van der Waals surface area contributed by atoms with Crippen LogP contribution in [0.4, 0.5) is 0 Å². The second kappa shape index (κ2) is 8.36. The van der Waals surface area contributed by atoms with E-state index in [-0.39, 0.29) is 0 Å². The van der Waals surface area contributed by atoms with Crippen LogP contribution in [-0.2, 0) is 4.57 Å². The zero-order valence-electron chi connectivity index (χ0n) is 22.0. The van der Waals surface area contributed by atoms with Crippen LogP contribution in [0.25, 0.3) is 33.1 Å². The molecule has 0 N–H and O–H groups in total. The van der Waals surface area contributed by atoms with Crippen LogP contribution >= 0.6 is 7.14 Å². The molecule has 1 aromatic heterocycles. The number of rotatable bonds is 2. The summed E-state index contributed by atoms with van der Waals surface area (Å²) in [5.41, 5.74) is 5.08. The summed E-state index contributed by atoms with van der Waals surface area (Å²) in [5.74, 6) is 2.06. The molecular weight excluding hydrogens is 525 g/mol. The Kier molecular flexibility index (Phi) is 4.68. The number of hydrogen-bond donors (Lipinski definition) is 0. The zero-order valence-corrected chi connectivity index (χ0v) is 22.9. The van der Waals surface area contributed by atoms with Crippen molar-refractivity contribution in [1.29, 1.82) is 0 Å². The van der Waals surface area contributed by atoms with Gasteiger partial charge in [-0.15, -0.1) is 0 Å². The molecule has 0 saturated carbocycles. The number of allylic oxidation sites excluding steroid dienone is 2. The van der Waals surface area contributed by atoms with E-state index in [4.69, 9.17) is 9.47 Å². The van der Waals surface area contributed by atoms with Gasteiger partial charge in [-0.2, -0.15) is 0 Å². The normalized spacial score (nSPS) is 22.0. The van der Waals surface area contributed by atoms with E-state index in [1.165, 1.54) is 21.8 Å². The van der Waals surface area contributed by atoms with E-state index < -0.39 is 18.9 Å². The second-order valence-electron chi connectivity index (χ2n) is 10.8. The first-order valence-corrected chi connectivity index (χ1v) is 15.6. The molecule has 3 aliphatic rings. The fraction of sp³-hybridized carbons (Fsp3) is 0.0556. The summed E-state index contributed by atoms with van der Waals surface area (Å²) >= 11 is 0. The molecular formula is C36H24NO3P. The number of aromatic nitrogens is 1. The summed E-state index contributed by atoms with van der Waals surface area (Å²) in [7, 11) is -3.10. The van der Waals surface area contributed by atoms with Crippen molar-refractivity contribution in [3.8, 4) is 17.2 Å². The summed E-state index contributed by atoms with van der Waals surface area (Å²) in [4.78, 5) is 0. The van der Waals surface area contributed by atoms with Gasteiger partial charge in [0, 0.05) is 22.0 Å². The van der Waals surface area contributed by atoms with Gasteiger partial charge in [0.15, 0.2) is 7.14 Å². The molecule has 9 rings (SSSR count). The molecule has 5 aromatic carbocycles. The average Bonchev–Trinajstić information content (AvgIpc) is 3.36. The molecule has 196 valence electrons. The molecule has 3 heterocycles. The van der Waals surface area contributed by atoms with E-state index in [1.807, 2.05) is 54.6 Å². The van der Waals surface area contributed by atoms with Crippen LogP contribution in [0.2, 0.25) is 0 Å². The Hall–Kier alpha value is -4.79. The lowest BCUT2D eigenvalue weighted by Gasteiger charge is -2.45. The molecule has 1 aliphatic carbocycles. The first-order chi connectivity index (χ1) is 20.2. The quantitative estimate of drug-likeness (QED) is 0.209. The monoisotopic (exact) mass is 549 g/mol. The largest absolute Gasteiger partial charge is 0.484 e. The summed E-state index contributed by atoms with van der Waals surface area (Å²) < 4.78 is 30.6. The third-order valence-corrected chi connectivity index (χ3v) is 12.1. The van der Waals surface area contributed by atoms with Crippen molar-refractivity contribution < 1.29 is 14.0 Å². The first kappa shape index (κ1) is 23.0. The van der Waals surface area contributed by atoms with Crippen LogP contribution in [0, 0.1) is 0 Å². The Morgan fingerprint density at radius 1 is 0.610 bits per heavy atom. The Bertz CT molecular complexity index is 2100. The number of benzene rings is 5. The molecule has 0 spiro atoms. The van der Waals surface area contributed by atoms with Crippen molar-refractivity contribution in [2.75, 3.05) is 0 Å². The van der Waals surface area contributed by atoms with Crippen molar-refractivity contribution in [3.63, 3.8) is 0 Å². The molecule has 5 heteroatoms. The van der Waals surface area contributed by atoms with Crippen molar-refractivity contribution in [2.45, 2.75) is 11.8 Å². The van der Waals surface area contributed by atoms with Gasteiger partial charge >= 0.3 is 0 Å². The highest BCUT2D eigenvalue weighted by atomic mass is 31.2. The lowest BCUT2D eigenvalue weighted by molar-refractivity contribution is 0.231. The number of fused-ring (bicyclic) bond motifs is 7. The lowest BCUT2D eigenvalue weighted by atomic mass is 9.92. The molecule has 3 unspecified atom stereocenters. The Morgan fingerprint density at radius 3 is 1.90 bits per heavy atom. The molecule has 41 heavy (non-hydrogen) atoms.